The fourth-order valence-electron chi connectivity index (χ4n) is 5.84. The van der Waals surface area contributed by atoms with Crippen LogP contribution < -0.4 is 3.58 Å². The molecule has 0 saturated heterocycles. The Kier molecular flexibility index (Phi) is 13.0. The van der Waals surface area contributed by atoms with Crippen molar-refractivity contribution in [3.8, 4) is 0 Å². The van der Waals surface area contributed by atoms with Gasteiger partial charge in [0.05, 0.1) is 0 Å². The Balaban J connectivity index is 1.97. The van der Waals surface area contributed by atoms with Crippen LogP contribution in [0.15, 0.2) is 85.4 Å². The maximum atomic E-state index is 4.60. The zero-order chi connectivity index (χ0) is 26.3. The van der Waals surface area contributed by atoms with E-state index in [1.54, 1.807) is 5.56 Å². The van der Waals surface area contributed by atoms with Crippen LogP contribution >= 0.6 is 0 Å². The summed E-state index contributed by atoms with van der Waals surface area (Å²) in [6, 6.07) is 29.6. The molecule has 0 radical (unpaired) electrons. The van der Waals surface area contributed by atoms with Gasteiger partial charge in [-0.15, -0.1) is 0 Å². The van der Waals surface area contributed by atoms with Crippen molar-refractivity contribution in [3.05, 3.63) is 108 Å². The van der Waals surface area contributed by atoms with E-state index >= 15 is 0 Å². The van der Waals surface area contributed by atoms with E-state index in [2.05, 4.69) is 106 Å². The fourth-order valence-corrected chi connectivity index (χ4v) is 23.0. The Morgan fingerprint density at radius 1 is 0.622 bits per heavy atom. The van der Waals surface area contributed by atoms with Crippen LogP contribution in [0, 0.1) is 0 Å². The van der Waals surface area contributed by atoms with E-state index in [0.717, 1.165) is 19.3 Å². The van der Waals surface area contributed by atoms with E-state index in [4.69, 9.17) is 0 Å². The second-order valence-corrected chi connectivity index (χ2v) is 24.2. The van der Waals surface area contributed by atoms with E-state index in [1.165, 1.54) is 80.5 Å². The molecule has 0 amide bonds. The molecule has 198 valence electrons. The Morgan fingerprint density at radius 2 is 1.14 bits per heavy atom. The molecule has 1 heteroatoms. The molecule has 37 heavy (non-hydrogen) atoms. The number of hydrogen-bond acceptors (Lipinski definition) is 0. The van der Waals surface area contributed by atoms with Gasteiger partial charge in [-0.05, 0) is 0 Å². The van der Waals surface area contributed by atoms with Crippen molar-refractivity contribution >= 4 is 27.5 Å². The summed E-state index contributed by atoms with van der Waals surface area (Å²) in [5.74, 6) is 0. The molecule has 0 unspecified atom stereocenters. The predicted molar refractivity (Wildman–Crippen MR) is 169 cm³/mol. The summed E-state index contributed by atoms with van der Waals surface area (Å²) >= 11 is -2.60. The third-order valence-corrected chi connectivity index (χ3v) is 24.0. The number of aryl methyl sites for hydroxylation is 3. The average molecular weight is 602 g/mol. The van der Waals surface area contributed by atoms with Gasteiger partial charge in [-0.1, -0.05) is 0 Å². The van der Waals surface area contributed by atoms with Crippen molar-refractivity contribution < 1.29 is 0 Å². The zero-order valence-electron chi connectivity index (χ0n) is 23.9. The summed E-state index contributed by atoms with van der Waals surface area (Å²) < 4.78 is 6.40. The van der Waals surface area contributed by atoms with Gasteiger partial charge in [0, 0.05) is 0 Å². The van der Waals surface area contributed by atoms with Crippen LogP contribution in [0.3, 0.4) is 0 Å². The quantitative estimate of drug-likeness (QED) is 0.135. The molecule has 0 spiro atoms. The van der Waals surface area contributed by atoms with Crippen LogP contribution in [0.5, 0.6) is 0 Å². The third kappa shape index (κ3) is 9.16. The van der Waals surface area contributed by atoms with Crippen molar-refractivity contribution in [2.24, 2.45) is 0 Å². The summed E-state index contributed by atoms with van der Waals surface area (Å²) in [6.45, 7) is 11.7. The minimum atomic E-state index is -2.60. The minimum absolute atomic E-state index is 1.04. The summed E-state index contributed by atoms with van der Waals surface area (Å²) in [7, 11) is 0. The molecule has 0 bridgehead atoms. The first kappa shape index (κ1) is 29.8. The predicted octanol–water partition coefficient (Wildman–Crippen LogP) is 10.2. The van der Waals surface area contributed by atoms with Gasteiger partial charge in [-0.2, -0.15) is 0 Å². The molecule has 0 heterocycles. The van der Waals surface area contributed by atoms with Gasteiger partial charge in [0.25, 0.3) is 0 Å². The molecule has 0 nitrogen and oxygen atoms in total. The molecular weight excluding hydrogens is 551 g/mol. The molecule has 0 fully saturated rings. The fraction of sp³-hybridized carbons (Fsp3) is 0.444. The molecule has 0 aliphatic heterocycles. The van der Waals surface area contributed by atoms with Gasteiger partial charge in [-0.25, -0.2) is 0 Å². The first-order chi connectivity index (χ1) is 18.1. The molecule has 3 aromatic carbocycles. The molecular formula is C36H50Sn. The topological polar surface area (TPSA) is 0 Å². The Bertz CT molecular complexity index is 1030. The number of benzene rings is 3. The van der Waals surface area contributed by atoms with Gasteiger partial charge in [0.2, 0.25) is 0 Å². The van der Waals surface area contributed by atoms with E-state index in [0.29, 0.717) is 0 Å². The summed E-state index contributed by atoms with van der Waals surface area (Å²) in [4.78, 5) is 0. The molecule has 0 aliphatic rings. The number of hydrogen-bond donors (Lipinski definition) is 0. The maximum absolute atomic E-state index is 4.60. The van der Waals surface area contributed by atoms with Crippen LogP contribution in [0.25, 0.3) is 5.57 Å². The first-order valence-electron chi connectivity index (χ1n) is 15.0. The van der Waals surface area contributed by atoms with Crippen LogP contribution in [0.2, 0.25) is 13.3 Å². The van der Waals surface area contributed by atoms with Crippen molar-refractivity contribution in [3.63, 3.8) is 0 Å². The molecule has 3 rings (SSSR count). The normalized spacial score (nSPS) is 11.5. The molecule has 0 N–H and O–H groups in total. The zero-order valence-corrected chi connectivity index (χ0v) is 26.8. The van der Waals surface area contributed by atoms with Crippen molar-refractivity contribution in [2.45, 2.75) is 98.3 Å². The first-order valence-corrected chi connectivity index (χ1v) is 22.5. The van der Waals surface area contributed by atoms with Crippen molar-refractivity contribution in [2.75, 3.05) is 0 Å². The molecule has 3 aromatic rings. The molecule has 0 saturated carbocycles. The molecule has 0 atom stereocenters. The van der Waals surface area contributed by atoms with E-state index < -0.39 is 18.4 Å². The van der Waals surface area contributed by atoms with Gasteiger partial charge in [0.1, 0.15) is 0 Å². The summed E-state index contributed by atoms with van der Waals surface area (Å²) in [5.41, 5.74) is 7.23. The second-order valence-electron chi connectivity index (χ2n) is 11.0. The number of allylic oxidation sites excluding steroid dienone is 1. The Morgan fingerprint density at radius 3 is 1.65 bits per heavy atom. The van der Waals surface area contributed by atoms with Crippen LogP contribution in [-0.2, 0) is 19.3 Å². The van der Waals surface area contributed by atoms with Crippen LogP contribution in [0.4, 0.5) is 0 Å². The summed E-state index contributed by atoms with van der Waals surface area (Å²) in [6.07, 6.45) is 12.6. The van der Waals surface area contributed by atoms with E-state index in [9.17, 15) is 0 Å². The van der Waals surface area contributed by atoms with Gasteiger partial charge < -0.3 is 0 Å². The van der Waals surface area contributed by atoms with Crippen molar-refractivity contribution in [1.29, 1.82) is 0 Å². The van der Waals surface area contributed by atoms with E-state index in [1.807, 2.05) is 3.58 Å². The van der Waals surface area contributed by atoms with Gasteiger partial charge in [0.15, 0.2) is 0 Å². The van der Waals surface area contributed by atoms with Gasteiger partial charge >= 0.3 is 234 Å². The second kappa shape index (κ2) is 16.2. The van der Waals surface area contributed by atoms with Crippen LogP contribution in [0.1, 0.15) is 88.0 Å². The third-order valence-electron chi connectivity index (χ3n) is 8.20. The number of rotatable bonds is 17. The Labute approximate surface area is 232 Å². The van der Waals surface area contributed by atoms with Crippen molar-refractivity contribution in [1.82, 2.24) is 0 Å². The van der Waals surface area contributed by atoms with Gasteiger partial charge in [-0.3, -0.25) is 0 Å². The molecule has 0 aromatic heterocycles. The monoisotopic (exact) mass is 602 g/mol. The Hall–Kier alpha value is -1.80. The van der Waals surface area contributed by atoms with E-state index in [-0.39, 0.29) is 0 Å². The summed E-state index contributed by atoms with van der Waals surface area (Å²) in [5, 5.41) is 0. The molecule has 0 aliphatic carbocycles. The average Bonchev–Trinajstić information content (AvgIpc) is 2.95. The SMILES string of the molecule is C=C(CCc1ccccc1)c1ccc(CCc2ccccc2)[c]([Sn]([CH2]CCC)([CH2]CCC)[CH2]CCC)c1. The number of unbranched alkanes of at least 4 members (excludes halogenated alkanes) is 3. The standard InChI is InChI=1S/C24H23.3C4H9.Sn/c1-20(12-13-21-8-4-2-5-9-21)24-18-16-23(17-19-24)15-14-22-10-6-3-7-11-22;3*1-3-4-2;/h2-11,16,18-19H,1,12-15H2;3*1,3-4H2,2H3;. The van der Waals surface area contributed by atoms with Crippen LogP contribution in [-0.4, -0.2) is 18.4 Å².